The summed E-state index contributed by atoms with van der Waals surface area (Å²) in [5, 5.41) is 11.1. The molecule has 7 nitrogen and oxygen atoms in total. The third kappa shape index (κ3) is 6.01. The van der Waals surface area contributed by atoms with Gasteiger partial charge in [0.2, 0.25) is 17.7 Å². The van der Waals surface area contributed by atoms with E-state index >= 15 is 0 Å². The highest BCUT2D eigenvalue weighted by atomic mass is 35.5. The Labute approximate surface area is 115 Å². The van der Waals surface area contributed by atoms with E-state index in [2.05, 4.69) is 15.3 Å². The zero-order chi connectivity index (χ0) is 14.3. The molecule has 8 heteroatoms. The first kappa shape index (κ1) is 15.2. The highest BCUT2D eigenvalue weighted by Gasteiger charge is 2.08. The summed E-state index contributed by atoms with van der Waals surface area (Å²) < 4.78 is 4.89. The molecule has 0 atom stereocenters. The molecule has 19 heavy (non-hydrogen) atoms. The first-order valence-corrected chi connectivity index (χ1v) is 5.99. The number of anilines is 1. The molecule has 0 aliphatic rings. The smallest absolute Gasteiger partial charge is 0.303 e. The van der Waals surface area contributed by atoms with Gasteiger partial charge >= 0.3 is 5.97 Å². The molecular weight excluding hydrogens is 274 g/mol. The van der Waals surface area contributed by atoms with Gasteiger partial charge in [-0.25, -0.2) is 4.98 Å². The Morgan fingerprint density at radius 2 is 2.05 bits per heavy atom. The quantitative estimate of drug-likeness (QED) is 0.585. The molecule has 0 bridgehead atoms. The molecule has 0 radical (unpaired) electrons. The standard InChI is InChI=1S/C11H14ClN3O4/c1-19-9-6-7(12)13-11(15-9)14-8(16)4-2-3-5-10(17)18/h6H,2-5H2,1H3,(H,17,18)(H,13,14,15,16). The van der Waals surface area contributed by atoms with Gasteiger partial charge in [-0.15, -0.1) is 0 Å². The van der Waals surface area contributed by atoms with Gasteiger partial charge in [0, 0.05) is 18.9 Å². The summed E-state index contributed by atoms with van der Waals surface area (Å²) in [5.41, 5.74) is 0. The molecule has 0 saturated carbocycles. The third-order valence-electron chi connectivity index (χ3n) is 2.18. The molecule has 0 aromatic carbocycles. The maximum absolute atomic E-state index is 11.5. The number of ether oxygens (including phenoxy) is 1. The van der Waals surface area contributed by atoms with Crippen molar-refractivity contribution in [3.8, 4) is 5.88 Å². The Balaban J connectivity index is 2.43. The number of aromatic nitrogens is 2. The molecule has 1 rings (SSSR count). The number of aliphatic carboxylic acids is 1. The van der Waals surface area contributed by atoms with Crippen LogP contribution in [-0.4, -0.2) is 34.1 Å². The van der Waals surface area contributed by atoms with Gasteiger partial charge in [0.1, 0.15) is 5.15 Å². The maximum atomic E-state index is 11.5. The zero-order valence-electron chi connectivity index (χ0n) is 10.4. The van der Waals surface area contributed by atoms with Crippen molar-refractivity contribution >= 4 is 29.4 Å². The number of unbranched alkanes of at least 4 members (excludes halogenated alkanes) is 1. The van der Waals surface area contributed by atoms with Gasteiger partial charge in [0.15, 0.2) is 0 Å². The number of amides is 1. The van der Waals surface area contributed by atoms with Gasteiger partial charge in [-0.3, -0.25) is 14.9 Å². The van der Waals surface area contributed by atoms with Crippen LogP contribution in [0.1, 0.15) is 25.7 Å². The molecule has 0 aliphatic carbocycles. The highest BCUT2D eigenvalue weighted by Crippen LogP contribution is 2.16. The SMILES string of the molecule is COc1cc(Cl)nc(NC(=O)CCCCC(=O)O)n1. The van der Waals surface area contributed by atoms with Crippen molar-refractivity contribution in [1.29, 1.82) is 0 Å². The van der Waals surface area contributed by atoms with Crippen molar-refractivity contribution in [3.05, 3.63) is 11.2 Å². The lowest BCUT2D eigenvalue weighted by Gasteiger charge is -2.05. The minimum absolute atomic E-state index is 0.0504. The Bertz CT molecular complexity index is 467. The lowest BCUT2D eigenvalue weighted by Crippen LogP contribution is -2.14. The van der Waals surface area contributed by atoms with Crippen molar-refractivity contribution in [2.45, 2.75) is 25.7 Å². The Morgan fingerprint density at radius 1 is 1.37 bits per heavy atom. The second-order valence-electron chi connectivity index (χ2n) is 3.71. The molecule has 1 aromatic rings. The van der Waals surface area contributed by atoms with E-state index in [1.54, 1.807) is 0 Å². The summed E-state index contributed by atoms with van der Waals surface area (Å²) in [6.07, 6.45) is 1.18. The first-order valence-electron chi connectivity index (χ1n) is 5.61. The van der Waals surface area contributed by atoms with Gasteiger partial charge in [0.25, 0.3) is 0 Å². The number of hydrogen-bond acceptors (Lipinski definition) is 5. The molecule has 1 aromatic heterocycles. The Hall–Kier alpha value is -1.89. The molecule has 2 N–H and O–H groups in total. The average Bonchev–Trinajstić information content (AvgIpc) is 2.33. The van der Waals surface area contributed by atoms with E-state index in [-0.39, 0.29) is 35.7 Å². The van der Waals surface area contributed by atoms with Crippen LogP contribution >= 0.6 is 11.6 Å². The fraction of sp³-hybridized carbons (Fsp3) is 0.455. The summed E-state index contributed by atoms with van der Waals surface area (Å²) in [6, 6.07) is 1.42. The van der Waals surface area contributed by atoms with E-state index < -0.39 is 5.97 Å². The Kier molecular flexibility index (Phi) is 6.01. The van der Waals surface area contributed by atoms with E-state index in [9.17, 15) is 9.59 Å². The number of carboxylic acids is 1. The topological polar surface area (TPSA) is 101 Å². The number of rotatable bonds is 7. The van der Waals surface area contributed by atoms with Gasteiger partial charge in [0.05, 0.1) is 7.11 Å². The number of hydrogen-bond donors (Lipinski definition) is 2. The molecule has 1 heterocycles. The average molecular weight is 288 g/mol. The fourth-order valence-electron chi connectivity index (χ4n) is 1.31. The maximum Gasteiger partial charge on any atom is 0.303 e. The van der Waals surface area contributed by atoms with E-state index in [1.807, 2.05) is 0 Å². The molecule has 1 amide bonds. The summed E-state index contributed by atoms with van der Waals surface area (Å²) in [6.45, 7) is 0. The molecule has 104 valence electrons. The summed E-state index contributed by atoms with van der Waals surface area (Å²) in [7, 11) is 1.43. The normalized spacial score (nSPS) is 10.0. The van der Waals surface area contributed by atoms with E-state index in [4.69, 9.17) is 21.4 Å². The van der Waals surface area contributed by atoms with Gasteiger partial charge in [-0.1, -0.05) is 11.6 Å². The van der Waals surface area contributed by atoms with Crippen LogP contribution in [0.4, 0.5) is 5.95 Å². The number of carbonyl (C=O) groups excluding carboxylic acids is 1. The van der Waals surface area contributed by atoms with Gasteiger partial charge in [-0.2, -0.15) is 4.98 Å². The molecule has 0 spiro atoms. The van der Waals surface area contributed by atoms with E-state index in [0.29, 0.717) is 12.8 Å². The minimum atomic E-state index is -0.872. The van der Waals surface area contributed by atoms with Crippen molar-refractivity contribution in [1.82, 2.24) is 9.97 Å². The van der Waals surface area contributed by atoms with Crippen LogP contribution in [0.2, 0.25) is 5.15 Å². The van der Waals surface area contributed by atoms with Crippen LogP contribution in [0.3, 0.4) is 0 Å². The number of carbonyl (C=O) groups is 2. The Morgan fingerprint density at radius 3 is 2.68 bits per heavy atom. The van der Waals surface area contributed by atoms with Crippen LogP contribution in [0.25, 0.3) is 0 Å². The molecule has 0 unspecified atom stereocenters. The predicted octanol–water partition coefficient (Wildman–Crippen LogP) is 1.72. The van der Waals surface area contributed by atoms with Crippen molar-refractivity contribution in [3.63, 3.8) is 0 Å². The number of nitrogens with one attached hydrogen (secondary N) is 1. The fourth-order valence-corrected chi connectivity index (χ4v) is 1.48. The summed E-state index contributed by atoms with van der Waals surface area (Å²) in [5.74, 6) is -0.855. The first-order chi connectivity index (χ1) is 9.01. The van der Waals surface area contributed by atoms with Gasteiger partial charge in [-0.05, 0) is 12.8 Å². The number of methoxy groups -OCH3 is 1. The summed E-state index contributed by atoms with van der Waals surface area (Å²) >= 11 is 5.73. The van der Waals surface area contributed by atoms with E-state index in [1.165, 1.54) is 13.2 Å². The highest BCUT2D eigenvalue weighted by molar-refractivity contribution is 6.29. The van der Waals surface area contributed by atoms with Crippen LogP contribution in [0.5, 0.6) is 5.88 Å². The largest absolute Gasteiger partial charge is 0.481 e. The number of carboxylic acid groups (broad SMARTS) is 1. The predicted molar refractivity (Wildman–Crippen MR) is 68.3 cm³/mol. The van der Waals surface area contributed by atoms with Crippen LogP contribution < -0.4 is 10.1 Å². The van der Waals surface area contributed by atoms with Crippen molar-refractivity contribution in [2.75, 3.05) is 12.4 Å². The van der Waals surface area contributed by atoms with Crippen molar-refractivity contribution in [2.24, 2.45) is 0 Å². The zero-order valence-corrected chi connectivity index (χ0v) is 11.1. The molecule has 0 aliphatic heterocycles. The second-order valence-corrected chi connectivity index (χ2v) is 4.09. The van der Waals surface area contributed by atoms with Crippen LogP contribution in [0, 0.1) is 0 Å². The molecule has 0 saturated heterocycles. The summed E-state index contributed by atoms with van der Waals surface area (Å²) in [4.78, 5) is 29.6. The lowest BCUT2D eigenvalue weighted by molar-refractivity contribution is -0.137. The van der Waals surface area contributed by atoms with Crippen LogP contribution in [0.15, 0.2) is 6.07 Å². The number of halogens is 1. The van der Waals surface area contributed by atoms with Gasteiger partial charge < -0.3 is 9.84 Å². The second kappa shape index (κ2) is 7.52. The van der Waals surface area contributed by atoms with Crippen molar-refractivity contribution < 1.29 is 19.4 Å². The number of nitrogens with zero attached hydrogens (tertiary/aromatic N) is 2. The minimum Gasteiger partial charge on any atom is -0.481 e. The molecular formula is C11H14ClN3O4. The molecule has 0 fully saturated rings. The lowest BCUT2D eigenvalue weighted by atomic mass is 10.2. The van der Waals surface area contributed by atoms with Crippen LogP contribution in [-0.2, 0) is 9.59 Å². The third-order valence-corrected chi connectivity index (χ3v) is 2.37. The monoisotopic (exact) mass is 287 g/mol. The van der Waals surface area contributed by atoms with E-state index in [0.717, 1.165) is 0 Å².